The smallest absolute Gasteiger partial charge is 0.267 e. The van der Waals surface area contributed by atoms with Gasteiger partial charge in [0.05, 0.1) is 4.91 Å². The van der Waals surface area contributed by atoms with Gasteiger partial charge in [-0.15, -0.1) is 0 Å². The Kier molecular flexibility index (Phi) is 5.89. The van der Waals surface area contributed by atoms with E-state index in [1.54, 1.807) is 48.5 Å². The maximum atomic E-state index is 12.6. The van der Waals surface area contributed by atoms with Gasteiger partial charge in [-0.2, -0.15) is 5.01 Å². The molecule has 1 heterocycles. The largest absolute Gasteiger partial charge is 0.285 e. The summed E-state index contributed by atoms with van der Waals surface area (Å²) < 4.78 is 0.201. The van der Waals surface area contributed by atoms with Crippen molar-refractivity contribution in [3.8, 4) is 0 Å². The molecule has 1 saturated heterocycles. The summed E-state index contributed by atoms with van der Waals surface area (Å²) in [6.07, 6.45) is 1.55. The van der Waals surface area contributed by atoms with Gasteiger partial charge in [0.1, 0.15) is 0 Å². The van der Waals surface area contributed by atoms with Crippen molar-refractivity contribution in [1.29, 1.82) is 0 Å². The molecule has 0 atom stereocenters. The Balaban J connectivity index is 1.82. The summed E-state index contributed by atoms with van der Waals surface area (Å²) in [5.74, 6) is -0.937. The van der Waals surface area contributed by atoms with Crippen LogP contribution in [0.25, 0.3) is 6.08 Å². The maximum absolute atomic E-state index is 12.6. The second-order valence-electron chi connectivity index (χ2n) is 5.10. The van der Waals surface area contributed by atoms with Gasteiger partial charge in [-0.05, 0) is 54.7 Å². The second kappa shape index (κ2) is 7.98. The van der Waals surface area contributed by atoms with Crippen molar-refractivity contribution in [2.75, 3.05) is 0 Å². The molecule has 1 aliphatic rings. The van der Waals surface area contributed by atoms with Crippen molar-refractivity contribution in [2.24, 2.45) is 0 Å². The number of halogens is 3. The first-order valence-electron chi connectivity index (χ1n) is 7.15. The van der Waals surface area contributed by atoms with Crippen LogP contribution in [-0.2, 0) is 4.79 Å². The summed E-state index contributed by atoms with van der Waals surface area (Å²) in [4.78, 5) is 25.2. The van der Waals surface area contributed by atoms with E-state index in [1.165, 1.54) is 0 Å². The SMILES string of the molecule is O=C(NN1C(=O)/C(=C\c2c(Cl)cccc2Cl)SC1=S)c1ccc(Cl)cc1. The number of carbonyl (C=O) groups excluding carboxylic acids is 2. The molecule has 3 rings (SSSR count). The normalized spacial score (nSPS) is 15.7. The van der Waals surface area contributed by atoms with Crippen LogP contribution in [0.15, 0.2) is 47.4 Å². The van der Waals surface area contributed by atoms with Crippen molar-refractivity contribution < 1.29 is 9.59 Å². The first-order chi connectivity index (χ1) is 12.4. The molecule has 0 unspecified atom stereocenters. The fourth-order valence-corrected chi connectivity index (χ4v) is 3.90. The van der Waals surface area contributed by atoms with Gasteiger partial charge in [-0.3, -0.25) is 15.0 Å². The van der Waals surface area contributed by atoms with Crippen molar-refractivity contribution in [2.45, 2.75) is 0 Å². The highest BCUT2D eigenvalue weighted by Gasteiger charge is 2.34. The Morgan fingerprint density at radius 1 is 1.08 bits per heavy atom. The van der Waals surface area contributed by atoms with Gasteiger partial charge in [-0.1, -0.05) is 52.6 Å². The zero-order valence-electron chi connectivity index (χ0n) is 12.8. The number of hydrogen-bond acceptors (Lipinski definition) is 4. The summed E-state index contributed by atoms with van der Waals surface area (Å²) in [6, 6.07) is 11.3. The topological polar surface area (TPSA) is 49.4 Å². The van der Waals surface area contributed by atoms with Crippen molar-refractivity contribution in [1.82, 2.24) is 10.4 Å². The van der Waals surface area contributed by atoms with Crippen molar-refractivity contribution in [3.63, 3.8) is 0 Å². The lowest BCUT2D eigenvalue weighted by Crippen LogP contribution is -2.44. The Labute approximate surface area is 174 Å². The van der Waals surface area contributed by atoms with E-state index < -0.39 is 11.8 Å². The third-order valence-electron chi connectivity index (χ3n) is 3.39. The first-order valence-corrected chi connectivity index (χ1v) is 9.51. The first kappa shape index (κ1) is 19.2. The van der Waals surface area contributed by atoms with Crippen LogP contribution < -0.4 is 5.43 Å². The molecule has 0 bridgehead atoms. The molecule has 0 saturated carbocycles. The van der Waals surface area contributed by atoms with E-state index >= 15 is 0 Å². The predicted molar refractivity (Wildman–Crippen MR) is 110 cm³/mol. The molecule has 9 heteroatoms. The highest BCUT2D eigenvalue weighted by Crippen LogP contribution is 2.35. The summed E-state index contributed by atoms with van der Waals surface area (Å²) in [6.45, 7) is 0. The molecule has 1 N–H and O–H groups in total. The van der Waals surface area contributed by atoms with E-state index in [9.17, 15) is 9.59 Å². The van der Waals surface area contributed by atoms with E-state index in [4.69, 9.17) is 47.0 Å². The quantitative estimate of drug-likeness (QED) is 0.524. The molecule has 0 aromatic heterocycles. The number of carbonyl (C=O) groups is 2. The monoisotopic (exact) mass is 442 g/mol. The van der Waals surface area contributed by atoms with E-state index in [0.29, 0.717) is 31.1 Å². The lowest BCUT2D eigenvalue weighted by atomic mass is 10.2. The Bertz CT molecular complexity index is 925. The van der Waals surface area contributed by atoms with Crippen LogP contribution in [0.3, 0.4) is 0 Å². The van der Waals surface area contributed by atoms with Crippen LogP contribution in [0, 0.1) is 0 Å². The minimum atomic E-state index is -0.477. The van der Waals surface area contributed by atoms with Gasteiger partial charge in [0.2, 0.25) is 0 Å². The van der Waals surface area contributed by atoms with Crippen molar-refractivity contribution >= 4 is 81.0 Å². The third-order valence-corrected chi connectivity index (χ3v) is 5.60. The highest BCUT2D eigenvalue weighted by molar-refractivity contribution is 8.26. The average Bonchev–Trinajstić information content (AvgIpc) is 2.86. The minimum Gasteiger partial charge on any atom is -0.267 e. The summed E-state index contributed by atoms with van der Waals surface area (Å²) in [5.41, 5.74) is 3.35. The van der Waals surface area contributed by atoms with Gasteiger partial charge in [0, 0.05) is 26.2 Å². The Morgan fingerprint density at radius 2 is 1.69 bits per heavy atom. The zero-order valence-corrected chi connectivity index (χ0v) is 16.7. The average molecular weight is 444 g/mol. The molecule has 132 valence electrons. The molecule has 1 fully saturated rings. The number of thiocarbonyl (C=S) groups is 1. The number of nitrogens with one attached hydrogen (secondary N) is 1. The predicted octanol–water partition coefficient (Wildman–Crippen LogP) is 5.19. The minimum absolute atomic E-state index is 0.201. The number of amides is 2. The summed E-state index contributed by atoms with van der Waals surface area (Å²) in [7, 11) is 0. The van der Waals surface area contributed by atoms with E-state index in [2.05, 4.69) is 5.43 Å². The number of benzene rings is 2. The summed E-state index contributed by atoms with van der Waals surface area (Å²) in [5, 5.41) is 2.35. The molecule has 0 aliphatic carbocycles. The Hall–Kier alpha value is -1.57. The van der Waals surface area contributed by atoms with Gasteiger partial charge in [0.15, 0.2) is 4.32 Å². The van der Waals surface area contributed by atoms with Crippen LogP contribution in [0.2, 0.25) is 15.1 Å². The third kappa shape index (κ3) is 4.05. The number of hydrogen-bond donors (Lipinski definition) is 1. The second-order valence-corrected chi connectivity index (χ2v) is 8.03. The van der Waals surface area contributed by atoms with E-state index in [0.717, 1.165) is 16.8 Å². The highest BCUT2D eigenvalue weighted by atomic mass is 35.5. The molecule has 2 aromatic carbocycles. The van der Waals surface area contributed by atoms with Gasteiger partial charge >= 0.3 is 0 Å². The Morgan fingerprint density at radius 3 is 2.31 bits per heavy atom. The standard InChI is InChI=1S/C17H9Cl3N2O2S2/c18-10-6-4-9(5-7-10)15(23)21-22-16(24)14(26-17(22)25)8-11-12(19)2-1-3-13(11)20/h1-8H,(H,21,23)/b14-8+. The molecule has 2 aromatic rings. The molecule has 0 radical (unpaired) electrons. The molecule has 0 spiro atoms. The van der Waals surface area contributed by atoms with Gasteiger partial charge in [0.25, 0.3) is 11.8 Å². The van der Waals surface area contributed by atoms with Crippen LogP contribution in [-0.4, -0.2) is 21.1 Å². The molecule has 2 amide bonds. The molecule has 1 aliphatic heterocycles. The van der Waals surface area contributed by atoms with E-state index in [-0.39, 0.29) is 4.32 Å². The fourth-order valence-electron chi connectivity index (χ4n) is 2.11. The number of nitrogens with zero attached hydrogens (tertiary/aromatic N) is 1. The number of thioether (sulfide) groups is 1. The zero-order chi connectivity index (χ0) is 18.8. The van der Waals surface area contributed by atoms with Gasteiger partial charge in [-0.25, -0.2) is 0 Å². The van der Waals surface area contributed by atoms with E-state index in [1.807, 2.05) is 0 Å². The number of hydrazine groups is 1. The van der Waals surface area contributed by atoms with Gasteiger partial charge < -0.3 is 0 Å². The fraction of sp³-hybridized carbons (Fsp3) is 0. The van der Waals surface area contributed by atoms with Crippen molar-refractivity contribution in [3.05, 3.63) is 73.6 Å². The molecular formula is C17H9Cl3N2O2S2. The molecule has 26 heavy (non-hydrogen) atoms. The number of rotatable bonds is 3. The van der Waals surface area contributed by atoms with Crippen LogP contribution in [0.1, 0.15) is 15.9 Å². The lowest BCUT2D eigenvalue weighted by molar-refractivity contribution is -0.123. The molecular weight excluding hydrogens is 435 g/mol. The van der Waals surface area contributed by atoms with Crippen LogP contribution >= 0.6 is 58.8 Å². The molecule has 4 nitrogen and oxygen atoms in total. The summed E-state index contributed by atoms with van der Waals surface area (Å²) >= 11 is 24.3. The maximum Gasteiger partial charge on any atom is 0.285 e. The van der Waals surface area contributed by atoms with Crippen LogP contribution in [0.5, 0.6) is 0 Å². The van der Waals surface area contributed by atoms with Crippen LogP contribution in [0.4, 0.5) is 0 Å². The lowest BCUT2D eigenvalue weighted by Gasteiger charge is -2.15.